The lowest BCUT2D eigenvalue weighted by molar-refractivity contribution is -0.142. The molecular weight excluding hydrogens is 1240 g/mol. The fourth-order valence-corrected chi connectivity index (χ4v) is 7.62. The van der Waals surface area contributed by atoms with Crippen molar-refractivity contribution in [1.82, 2.24) is 26.6 Å². The number of nitrogens with one attached hydrogen (secondary N) is 10. The summed E-state index contributed by atoms with van der Waals surface area (Å²) in [6, 6.07) is 42.9. The van der Waals surface area contributed by atoms with E-state index in [0.717, 1.165) is 84.3 Å². The van der Waals surface area contributed by atoms with E-state index in [1.54, 1.807) is 6.92 Å². The second kappa shape index (κ2) is 41.6. The monoisotopic (exact) mass is 1320 g/mol. The Morgan fingerprint density at radius 1 is 0.379 bits per heavy atom. The molecule has 0 unspecified atom stereocenters. The van der Waals surface area contributed by atoms with Gasteiger partial charge in [0.25, 0.3) is 0 Å². The summed E-state index contributed by atoms with van der Waals surface area (Å²) in [5.74, 6) is -6.58. The molecule has 15 N–H and O–H groups in total. The second-order valence-electron chi connectivity index (χ2n) is 20.0. The van der Waals surface area contributed by atoms with Crippen molar-refractivity contribution in [3.8, 4) is 28.7 Å². The van der Waals surface area contributed by atoms with Crippen molar-refractivity contribution in [3.05, 3.63) is 227 Å². The molecule has 0 atom stereocenters. The number of hydrogen-bond acceptors (Lipinski definition) is 12. The molecule has 8 aromatic rings. The number of aryl methyl sites for hydroxylation is 1. The lowest BCUT2D eigenvalue weighted by Crippen LogP contribution is -2.30. The highest BCUT2D eigenvalue weighted by molar-refractivity contribution is 5.91. The zero-order valence-electron chi connectivity index (χ0n) is 52.0. The number of carbonyl (C=O) groups is 6. The Balaban J connectivity index is 0.000000253. The number of hydrogen-bond donors (Lipinski definition) is 15. The molecule has 8 rings (SSSR count). The predicted octanol–water partition coefficient (Wildman–Crippen LogP) is 13.4. The molecule has 0 bridgehead atoms. The van der Waals surface area contributed by atoms with Crippen molar-refractivity contribution in [3.63, 3.8) is 0 Å². The van der Waals surface area contributed by atoms with E-state index in [-0.39, 0.29) is 48.4 Å². The van der Waals surface area contributed by atoms with Crippen molar-refractivity contribution in [1.29, 1.82) is 0 Å². The average molecular weight is 1320 g/mol. The summed E-state index contributed by atoms with van der Waals surface area (Å²) >= 11 is 0. The Morgan fingerprint density at radius 2 is 0.716 bits per heavy atom. The van der Waals surface area contributed by atoms with Gasteiger partial charge >= 0.3 is 36.1 Å². The maximum Gasteiger partial charge on any atom is 0.319 e. The molecule has 0 fully saturated rings. The third-order valence-electron chi connectivity index (χ3n) is 12.6. The van der Waals surface area contributed by atoms with E-state index in [4.69, 9.17) is 25.5 Å². The van der Waals surface area contributed by atoms with Gasteiger partial charge in [0.1, 0.15) is 0 Å². The number of aromatic hydroxyl groups is 5. The van der Waals surface area contributed by atoms with E-state index in [9.17, 15) is 50.7 Å². The van der Waals surface area contributed by atoms with Crippen LogP contribution in [-0.4, -0.2) is 87.9 Å². The van der Waals surface area contributed by atoms with Gasteiger partial charge in [-0.2, -0.15) is 0 Å². The highest BCUT2D eigenvalue weighted by Crippen LogP contribution is 2.23. The van der Waals surface area contributed by atoms with E-state index in [1.165, 1.54) is 54.6 Å². The third-order valence-corrected chi connectivity index (χ3v) is 12.6. The number of esters is 1. The highest BCUT2D eigenvalue weighted by Gasteiger charge is 2.11. The van der Waals surface area contributed by atoms with Gasteiger partial charge in [0.2, 0.25) is 0 Å². The van der Waals surface area contributed by atoms with Gasteiger partial charge in [0.15, 0.2) is 57.8 Å². The van der Waals surface area contributed by atoms with Crippen molar-refractivity contribution in [2.24, 2.45) is 0 Å². The normalized spacial score (nSPS) is 9.98. The summed E-state index contributed by atoms with van der Waals surface area (Å²) in [4.78, 5) is 68.6. The first-order valence-electron chi connectivity index (χ1n) is 29.5. The van der Waals surface area contributed by atoms with Crippen LogP contribution in [-0.2, 0) is 29.0 Å². The Kier molecular flexibility index (Phi) is 33.1. The molecule has 0 radical (unpaired) electrons. The van der Waals surface area contributed by atoms with Gasteiger partial charge in [-0.1, -0.05) is 105 Å². The van der Waals surface area contributed by atoms with Crippen molar-refractivity contribution in [2.45, 2.75) is 66.0 Å². The van der Waals surface area contributed by atoms with Crippen LogP contribution in [0.4, 0.5) is 74.4 Å². The summed E-state index contributed by atoms with van der Waals surface area (Å²) in [5.41, 5.74) is 5.55. The molecule has 0 saturated carbocycles. The number of ether oxygens (including phenoxy) is 1. The molecule has 22 nitrogen and oxygen atoms in total. The summed E-state index contributed by atoms with van der Waals surface area (Å²) in [5, 5.41) is 70.5. The fourth-order valence-electron chi connectivity index (χ4n) is 7.62. The van der Waals surface area contributed by atoms with Crippen LogP contribution >= 0.6 is 0 Å². The molecular formula is C68H75F5N10O12. The summed E-state index contributed by atoms with van der Waals surface area (Å²) in [6.45, 7) is 7.99. The lowest BCUT2D eigenvalue weighted by atomic mass is 10.1. The first kappa shape index (κ1) is 75.7. The summed E-state index contributed by atoms with van der Waals surface area (Å²) in [7, 11) is 0. The SMILES string of the molecule is CCCCCNC(=O)Nc1ccc(O)c(F)c1.CCOC(=O)CCNC(=O)Nc1ccc(O)c(F)c1.Cc1ccccc1CNC(=O)Nc1ccc(O)c(F)c1.O=C(NCCc1ccccc1)Nc1ccc(O)c(F)c1.O=C(NCc1ccccc1)Nc1ccc(O)c(F)c1. The first-order chi connectivity index (χ1) is 45.5. The maximum absolute atomic E-state index is 13.1. The van der Waals surface area contributed by atoms with Gasteiger partial charge in [0.05, 0.1) is 13.0 Å². The van der Waals surface area contributed by atoms with Crippen LogP contribution in [0.2, 0.25) is 0 Å². The highest BCUT2D eigenvalue weighted by atomic mass is 19.1. The summed E-state index contributed by atoms with van der Waals surface area (Å²) < 4.78 is 69.9. The van der Waals surface area contributed by atoms with E-state index in [0.29, 0.717) is 31.9 Å². The van der Waals surface area contributed by atoms with Gasteiger partial charge < -0.3 is 83.4 Å². The lowest BCUT2D eigenvalue weighted by Gasteiger charge is -2.09. The number of amides is 10. The van der Waals surface area contributed by atoms with E-state index in [2.05, 4.69) is 64.8 Å². The van der Waals surface area contributed by atoms with E-state index in [1.807, 2.05) is 91.9 Å². The largest absolute Gasteiger partial charge is 0.505 e. The molecule has 0 spiro atoms. The van der Waals surface area contributed by atoms with E-state index < -0.39 is 87.9 Å². The second-order valence-corrected chi connectivity index (χ2v) is 20.0. The number of urea groups is 5. The Morgan fingerprint density at radius 3 is 1.08 bits per heavy atom. The van der Waals surface area contributed by atoms with Gasteiger partial charge in [-0.05, 0) is 110 Å². The molecule has 0 aliphatic rings. The molecule has 10 amide bonds. The smallest absolute Gasteiger partial charge is 0.319 e. The van der Waals surface area contributed by atoms with Gasteiger partial charge in [0, 0.05) is 91.5 Å². The number of anilines is 5. The number of carbonyl (C=O) groups excluding carboxylic acids is 6. The topological polar surface area (TPSA) is 333 Å². The van der Waals surface area contributed by atoms with Crippen molar-refractivity contribution >= 4 is 64.6 Å². The van der Waals surface area contributed by atoms with Gasteiger partial charge in [-0.25, -0.2) is 45.9 Å². The molecule has 8 aromatic carbocycles. The molecule has 504 valence electrons. The fraction of sp³-hybridized carbons (Fsp3) is 0.206. The zero-order valence-corrected chi connectivity index (χ0v) is 52.0. The average Bonchev–Trinajstić information content (AvgIpc) is 1.94. The molecule has 0 heterocycles. The molecule has 0 aromatic heterocycles. The van der Waals surface area contributed by atoms with Crippen molar-refractivity contribution in [2.75, 3.05) is 52.8 Å². The van der Waals surface area contributed by atoms with Crippen LogP contribution in [0.3, 0.4) is 0 Å². The van der Waals surface area contributed by atoms with Crippen LogP contribution < -0.4 is 53.2 Å². The van der Waals surface area contributed by atoms with Crippen LogP contribution in [0.5, 0.6) is 28.7 Å². The number of unbranched alkanes of at least 4 members (excludes halogenated alkanes) is 2. The molecule has 27 heteroatoms. The van der Waals surface area contributed by atoms with Gasteiger partial charge in [-0.3, -0.25) is 4.79 Å². The standard InChI is InChI=1S/2C15H15FN2O2.C14H13FN2O2.C12H15FN2O4.C12H17FN2O2/c1-10-4-2-3-5-11(10)9-17-15(20)18-12-6-7-14(19)13(16)8-12;16-13-10-12(6-7-14(13)19)18-15(20)17-9-8-11-4-2-1-3-5-11;15-12-8-11(6-7-13(12)18)17-14(19)16-9-10-4-2-1-3-5-10;1-2-19-11(17)5-6-14-12(18)15-8-3-4-10(16)9(13)7-8;1-2-3-4-7-14-12(17)15-9-5-6-11(16)10(13)8-9/h2-8,19H,9H2,1H3,(H2,17,18,20);1-7,10,19H,8-9H2,(H2,17,18,20);1-8,18H,9H2,(H2,16,17,19);3-4,7,16H,2,5-6H2,1H3,(H2,14,15,18);5-6,8,16H,2-4,7H2,1H3,(H2,14,15,17). The quantitative estimate of drug-likeness (QED) is 0.0147. The summed E-state index contributed by atoms with van der Waals surface area (Å²) in [6.07, 6.45) is 3.86. The molecule has 0 aliphatic heterocycles. The van der Waals surface area contributed by atoms with Crippen LogP contribution in [0, 0.1) is 36.0 Å². The Bertz CT molecular complexity index is 3750. The third kappa shape index (κ3) is 30.7. The minimum atomic E-state index is -0.829. The molecule has 0 aliphatic carbocycles. The van der Waals surface area contributed by atoms with Crippen LogP contribution in [0.25, 0.3) is 0 Å². The number of rotatable bonds is 20. The number of halogens is 5. The van der Waals surface area contributed by atoms with Crippen molar-refractivity contribution < 1.29 is 81.0 Å². The maximum atomic E-state index is 13.1. The van der Waals surface area contributed by atoms with E-state index >= 15 is 0 Å². The Hall–Kier alpha value is -11.8. The zero-order chi connectivity index (χ0) is 69.5. The predicted molar refractivity (Wildman–Crippen MR) is 352 cm³/mol. The molecule has 95 heavy (non-hydrogen) atoms. The minimum absolute atomic E-state index is 0.0607. The Labute approximate surface area is 545 Å². The first-order valence-corrected chi connectivity index (χ1v) is 29.5. The molecule has 0 saturated heterocycles. The van der Waals surface area contributed by atoms with Gasteiger partial charge in [-0.15, -0.1) is 0 Å². The van der Waals surface area contributed by atoms with Crippen LogP contribution in [0.1, 0.15) is 61.8 Å². The number of benzene rings is 8. The number of phenolic OH excluding ortho intramolecular Hbond substituents is 5. The minimum Gasteiger partial charge on any atom is -0.505 e. The number of phenols is 5. The van der Waals surface area contributed by atoms with Crippen LogP contribution in [0.15, 0.2) is 176 Å².